The van der Waals surface area contributed by atoms with Crippen molar-refractivity contribution < 1.29 is 47.6 Å². The van der Waals surface area contributed by atoms with Gasteiger partial charge in [0.05, 0.1) is 23.8 Å². The van der Waals surface area contributed by atoms with Crippen molar-refractivity contribution in [2.45, 2.75) is 18.4 Å². The Morgan fingerprint density at radius 1 is 1.19 bits per heavy atom. The average molecular weight is 398 g/mol. The maximum absolute atomic E-state index is 13.7. The molecule has 0 saturated carbocycles. The zero-order chi connectivity index (χ0) is 20.9. The summed E-state index contributed by atoms with van der Waals surface area (Å²) in [7, 11) is 1.11. The molecule has 0 aliphatic rings. The molecule has 5 N–H and O–H groups in total. The third-order valence-electron chi connectivity index (χ3n) is 3.44. The quantitative estimate of drug-likeness (QED) is 0.398. The smallest absolute Gasteiger partial charge is 0.405 e. The minimum atomic E-state index is -4.73. The first-order chi connectivity index (χ1) is 12.4. The summed E-state index contributed by atoms with van der Waals surface area (Å²) >= 11 is 0. The van der Waals surface area contributed by atoms with E-state index in [0.717, 1.165) is 11.9 Å². The van der Waals surface area contributed by atoms with E-state index >= 15 is 0 Å². The molecule has 152 valence electrons. The third-order valence-corrected chi connectivity index (χ3v) is 3.44. The summed E-state index contributed by atoms with van der Waals surface area (Å²) in [5.74, 6) is -4.75. The molecule has 1 aromatic rings. The Bertz CT molecular complexity index is 698. The first-order valence-corrected chi connectivity index (χ1v) is 7.47. The van der Waals surface area contributed by atoms with Crippen molar-refractivity contribution in [2.75, 3.05) is 26.7 Å². The van der Waals surface area contributed by atoms with E-state index in [1.165, 1.54) is 5.32 Å². The number of carbonyl (C=O) groups excluding carboxylic acids is 2. The second-order valence-electron chi connectivity index (χ2n) is 5.65. The Morgan fingerprint density at radius 2 is 1.74 bits per heavy atom. The molecule has 0 bridgehead atoms. The number of aromatic hydroxyl groups is 1. The fourth-order valence-corrected chi connectivity index (χ4v) is 2.02. The molecule has 1 rings (SSSR count). The highest BCUT2D eigenvalue weighted by molar-refractivity contribution is 6.03. The fourth-order valence-electron chi connectivity index (χ4n) is 2.02. The number of likely N-dealkylation sites (N-methyl/N-ethyl adjacent to an activating group) is 1. The number of benzene rings is 1. The number of aliphatic hydroxyl groups is 3. The summed E-state index contributed by atoms with van der Waals surface area (Å²) < 4.78 is 50.2. The lowest BCUT2D eigenvalue weighted by atomic mass is 10.1. The molecule has 0 saturated heterocycles. The monoisotopic (exact) mass is 398 g/mol. The number of hydrogen-bond donors (Lipinski definition) is 5. The largest absolute Gasteiger partial charge is 0.506 e. The maximum atomic E-state index is 13.7. The number of phenols is 1. The molecule has 0 aliphatic heterocycles. The Morgan fingerprint density at radius 3 is 2.26 bits per heavy atom. The van der Waals surface area contributed by atoms with Crippen LogP contribution in [-0.2, 0) is 0 Å². The van der Waals surface area contributed by atoms with Crippen molar-refractivity contribution in [1.29, 1.82) is 0 Å². The first kappa shape index (κ1) is 22.6. The molecule has 2 amide bonds. The molecule has 0 radical (unpaired) electrons. The highest BCUT2D eigenvalue weighted by Gasteiger charge is 2.30. The Hall–Kier alpha value is -2.44. The van der Waals surface area contributed by atoms with Gasteiger partial charge in [0.25, 0.3) is 11.8 Å². The van der Waals surface area contributed by atoms with Gasteiger partial charge in [0.2, 0.25) is 0 Å². The number of halogens is 4. The van der Waals surface area contributed by atoms with Crippen molar-refractivity contribution in [3.63, 3.8) is 0 Å². The lowest BCUT2D eigenvalue weighted by Gasteiger charge is -2.24. The van der Waals surface area contributed by atoms with Gasteiger partial charge in [-0.05, 0) is 12.1 Å². The zero-order valence-corrected chi connectivity index (χ0v) is 14.0. The van der Waals surface area contributed by atoms with Crippen molar-refractivity contribution >= 4 is 11.8 Å². The SMILES string of the molecule is CN(CC(O)C(O)CO)C(=O)c1cc(F)cc(C(=O)NCC(F)(F)F)c1O. The number of aliphatic hydroxyl groups excluding tert-OH is 3. The second-order valence-corrected chi connectivity index (χ2v) is 5.65. The molecule has 12 heteroatoms. The van der Waals surface area contributed by atoms with Crippen LogP contribution >= 0.6 is 0 Å². The van der Waals surface area contributed by atoms with E-state index in [1.807, 2.05) is 0 Å². The van der Waals surface area contributed by atoms with Gasteiger partial charge in [0, 0.05) is 13.6 Å². The van der Waals surface area contributed by atoms with Gasteiger partial charge in [-0.3, -0.25) is 9.59 Å². The van der Waals surface area contributed by atoms with E-state index in [2.05, 4.69) is 0 Å². The van der Waals surface area contributed by atoms with Gasteiger partial charge in [-0.2, -0.15) is 13.2 Å². The van der Waals surface area contributed by atoms with Crippen LogP contribution in [0.5, 0.6) is 5.75 Å². The summed E-state index contributed by atoms with van der Waals surface area (Å²) in [6, 6.07) is 1.02. The van der Waals surface area contributed by atoms with Gasteiger partial charge in [-0.15, -0.1) is 0 Å². The number of phenolic OH excluding ortho intramolecular Hbond substituents is 1. The fraction of sp³-hybridized carbons (Fsp3) is 0.467. The Kier molecular flexibility index (Phi) is 7.51. The molecule has 8 nitrogen and oxygen atoms in total. The van der Waals surface area contributed by atoms with Crippen molar-refractivity contribution in [3.05, 3.63) is 29.1 Å². The predicted octanol–water partition coefficient (Wildman–Crippen LogP) is -0.391. The van der Waals surface area contributed by atoms with E-state index in [-0.39, 0.29) is 0 Å². The van der Waals surface area contributed by atoms with Crippen LogP contribution in [0.1, 0.15) is 20.7 Å². The van der Waals surface area contributed by atoms with E-state index in [1.54, 1.807) is 0 Å². The van der Waals surface area contributed by atoms with Gasteiger partial charge in [0.15, 0.2) is 0 Å². The lowest BCUT2D eigenvalue weighted by molar-refractivity contribution is -0.123. The maximum Gasteiger partial charge on any atom is 0.405 e. The number of amides is 2. The van der Waals surface area contributed by atoms with Crippen LogP contribution in [0.4, 0.5) is 17.6 Å². The van der Waals surface area contributed by atoms with E-state index in [4.69, 9.17) is 5.11 Å². The van der Waals surface area contributed by atoms with Crippen LogP contribution in [0.3, 0.4) is 0 Å². The van der Waals surface area contributed by atoms with Crippen LogP contribution < -0.4 is 5.32 Å². The van der Waals surface area contributed by atoms with E-state index in [9.17, 15) is 42.5 Å². The molecule has 0 spiro atoms. The van der Waals surface area contributed by atoms with Crippen LogP contribution in [0.2, 0.25) is 0 Å². The molecular weight excluding hydrogens is 380 g/mol. The molecule has 1 aromatic carbocycles. The number of nitrogens with one attached hydrogen (secondary N) is 1. The van der Waals surface area contributed by atoms with Crippen molar-refractivity contribution in [2.24, 2.45) is 0 Å². The van der Waals surface area contributed by atoms with Crippen molar-refractivity contribution in [3.8, 4) is 5.75 Å². The minimum Gasteiger partial charge on any atom is -0.506 e. The molecular formula is C15H18F4N2O6. The number of alkyl halides is 3. The molecule has 0 aromatic heterocycles. The first-order valence-electron chi connectivity index (χ1n) is 7.47. The van der Waals surface area contributed by atoms with Gasteiger partial charge < -0.3 is 30.6 Å². The predicted molar refractivity (Wildman–Crippen MR) is 82.5 cm³/mol. The van der Waals surface area contributed by atoms with Crippen LogP contribution in [-0.4, -0.2) is 82.3 Å². The molecule has 0 heterocycles. The lowest BCUT2D eigenvalue weighted by Crippen LogP contribution is -2.41. The average Bonchev–Trinajstić information content (AvgIpc) is 2.58. The number of hydrogen-bond acceptors (Lipinski definition) is 6. The summed E-state index contributed by atoms with van der Waals surface area (Å²) in [4.78, 5) is 24.8. The molecule has 0 fully saturated rings. The van der Waals surface area contributed by atoms with Gasteiger partial charge in [-0.1, -0.05) is 0 Å². The van der Waals surface area contributed by atoms with Gasteiger partial charge in [0.1, 0.15) is 24.2 Å². The second kappa shape index (κ2) is 8.97. The Balaban J connectivity index is 3.06. The summed E-state index contributed by atoms with van der Waals surface area (Å²) in [5.41, 5.74) is -1.62. The number of carbonyl (C=O) groups is 2. The topological polar surface area (TPSA) is 130 Å². The highest BCUT2D eigenvalue weighted by atomic mass is 19.4. The molecule has 2 atom stereocenters. The molecule has 27 heavy (non-hydrogen) atoms. The van der Waals surface area contributed by atoms with E-state index < -0.39 is 72.6 Å². The van der Waals surface area contributed by atoms with E-state index in [0.29, 0.717) is 12.1 Å². The Labute approximate surface area is 150 Å². The number of nitrogens with zero attached hydrogens (tertiary/aromatic N) is 1. The summed E-state index contributed by atoms with van der Waals surface area (Å²) in [5, 5.41) is 39.0. The van der Waals surface area contributed by atoms with Gasteiger partial charge in [-0.25, -0.2) is 4.39 Å². The zero-order valence-electron chi connectivity index (χ0n) is 14.0. The van der Waals surface area contributed by atoms with Gasteiger partial charge >= 0.3 is 6.18 Å². The standard InChI is InChI=1S/C15H18F4N2O6/c1-21(4-10(23)11(24)5-22)14(27)9-3-7(16)2-8(12(9)25)13(26)20-6-15(17,18)19/h2-3,10-11,22-25H,4-6H2,1H3,(H,20,26). The van der Waals surface area contributed by atoms with Crippen LogP contribution in [0.25, 0.3) is 0 Å². The third kappa shape index (κ3) is 6.34. The van der Waals surface area contributed by atoms with Crippen LogP contribution in [0.15, 0.2) is 12.1 Å². The highest BCUT2D eigenvalue weighted by Crippen LogP contribution is 2.26. The summed E-state index contributed by atoms with van der Waals surface area (Å²) in [6.07, 6.45) is -7.86. The molecule has 0 aliphatic carbocycles. The molecule has 2 unspecified atom stereocenters. The van der Waals surface area contributed by atoms with Crippen molar-refractivity contribution in [1.82, 2.24) is 10.2 Å². The number of rotatable bonds is 7. The minimum absolute atomic E-state index is 0.460. The summed E-state index contributed by atoms with van der Waals surface area (Å²) in [6.45, 7) is -3.04. The van der Waals surface area contributed by atoms with Crippen LogP contribution in [0, 0.1) is 5.82 Å². The normalized spacial score (nSPS) is 13.8.